The number of amides is 1. The monoisotopic (exact) mass is 300 g/mol. The maximum Gasteiger partial charge on any atom is 0.239 e. The van der Waals surface area contributed by atoms with Gasteiger partial charge in [0.25, 0.3) is 0 Å². The molecule has 0 bridgehead atoms. The van der Waals surface area contributed by atoms with Gasteiger partial charge in [0.1, 0.15) is 11.6 Å². The number of nitrogens with zero attached hydrogens (tertiary/aromatic N) is 2. The molecule has 20 heavy (non-hydrogen) atoms. The largest absolute Gasteiger partial charge is 0.495 e. The van der Waals surface area contributed by atoms with E-state index in [2.05, 4.69) is 0 Å². The molecule has 1 saturated heterocycles. The highest BCUT2D eigenvalue weighted by atomic mass is 35.5. The summed E-state index contributed by atoms with van der Waals surface area (Å²) >= 11 is 6.16. The van der Waals surface area contributed by atoms with Crippen LogP contribution in [0.15, 0.2) is 12.1 Å². The van der Waals surface area contributed by atoms with Gasteiger partial charge in [-0.2, -0.15) is 0 Å². The van der Waals surface area contributed by atoms with Crippen molar-refractivity contribution in [1.29, 1.82) is 0 Å². The van der Waals surface area contributed by atoms with E-state index in [-0.39, 0.29) is 22.8 Å². The number of likely N-dealkylation sites (N-methyl/N-ethyl adjacent to an activating group) is 1. The van der Waals surface area contributed by atoms with Crippen LogP contribution in [0.4, 0.5) is 4.39 Å². The third kappa shape index (κ3) is 2.74. The zero-order valence-corrected chi connectivity index (χ0v) is 12.6. The van der Waals surface area contributed by atoms with Crippen LogP contribution in [0.25, 0.3) is 0 Å². The lowest BCUT2D eigenvalue weighted by molar-refractivity contribution is -0.139. The molecule has 4 nitrogen and oxygen atoms in total. The summed E-state index contributed by atoms with van der Waals surface area (Å²) in [7, 11) is 3.26. The minimum absolute atomic E-state index is 0.0377. The minimum Gasteiger partial charge on any atom is -0.495 e. The molecule has 1 aromatic carbocycles. The molecule has 1 atom stereocenters. The quantitative estimate of drug-likeness (QED) is 0.857. The highest BCUT2D eigenvalue weighted by molar-refractivity contribution is 6.32. The van der Waals surface area contributed by atoms with E-state index in [0.717, 1.165) is 0 Å². The fourth-order valence-electron chi connectivity index (χ4n) is 2.36. The predicted molar refractivity (Wildman–Crippen MR) is 75.5 cm³/mol. The van der Waals surface area contributed by atoms with Crippen molar-refractivity contribution in [3.05, 3.63) is 28.5 Å². The summed E-state index contributed by atoms with van der Waals surface area (Å²) in [5.74, 6) is 0.0984. The molecule has 2 rings (SSSR count). The van der Waals surface area contributed by atoms with Crippen molar-refractivity contribution < 1.29 is 13.9 Å². The number of rotatable bonds is 3. The second-order valence-electron chi connectivity index (χ2n) is 4.95. The summed E-state index contributed by atoms with van der Waals surface area (Å²) in [6, 6.07) is 2.55. The van der Waals surface area contributed by atoms with Crippen LogP contribution in [0.2, 0.25) is 5.02 Å². The molecule has 1 aliphatic rings. The fraction of sp³-hybridized carbons (Fsp3) is 0.500. The molecule has 0 radical (unpaired) electrons. The second-order valence-corrected chi connectivity index (χ2v) is 5.33. The highest BCUT2D eigenvalue weighted by Gasteiger charge is 2.30. The van der Waals surface area contributed by atoms with E-state index in [1.807, 2.05) is 11.8 Å². The molecule has 0 spiro atoms. The number of ether oxygens (including phenoxy) is 1. The van der Waals surface area contributed by atoms with Crippen LogP contribution in [-0.4, -0.2) is 49.0 Å². The number of hydrogen-bond donors (Lipinski definition) is 0. The Morgan fingerprint density at radius 1 is 1.45 bits per heavy atom. The summed E-state index contributed by atoms with van der Waals surface area (Å²) in [5.41, 5.74) is 0.371. The van der Waals surface area contributed by atoms with Gasteiger partial charge in [-0.25, -0.2) is 4.39 Å². The van der Waals surface area contributed by atoms with Gasteiger partial charge in [0.2, 0.25) is 5.91 Å². The number of carbonyl (C=O) groups is 1. The van der Waals surface area contributed by atoms with Crippen molar-refractivity contribution in [2.75, 3.05) is 27.2 Å². The molecule has 1 amide bonds. The Morgan fingerprint density at radius 3 is 2.80 bits per heavy atom. The Bertz CT molecular complexity index is 524. The first kappa shape index (κ1) is 15.1. The van der Waals surface area contributed by atoms with Crippen LogP contribution in [-0.2, 0) is 11.3 Å². The van der Waals surface area contributed by atoms with Crippen molar-refractivity contribution in [2.45, 2.75) is 19.5 Å². The first-order valence-corrected chi connectivity index (χ1v) is 6.83. The van der Waals surface area contributed by atoms with Gasteiger partial charge in [0.15, 0.2) is 0 Å². The Labute approximate surface area is 123 Å². The van der Waals surface area contributed by atoms with Crippen LogP contribution in [0.5, 0.6) is 5.75 Å². The molecule has 1 fully saturated rings. The second kappa shape index (κ2) is 5.97. The van der Waals surface area contributed by atoms with Crippen molar-refractivity contribution in [1.82, 2.24) is 9.80 Å². The lowest BCUT2D eigenvalue weighted by atomic mass is 10.1. The molecule has 0 aromatic heterocycles. The van der Waals surface area contributed by atoms with Gasteiger partial charge in [0, 0.05) is 32.2 Å². The molecule has 6 heteroatoms. The van der Waals surface area contributed by atoms with Crippen molar-refractivity contribution in [2.24, 2.45) is 0 Å². The SMILES string of the molecule is COc1ccc(F)c(CN2CCN(C)C(=O)C2C)c1Cl. The molecular weight excluding hydrogens is 283 g/mol. The normalized spacial score (nSPS) is 20.4. The topological polar surface area (TPSA) is 32.8 Å². The number of hydrogen-bond acceptors (Lipinski definition) is 3. The Balaban J connectivity index is 2.24. The average Bonchev–Trinajstić information content (AvgIpc) is 2.43. The lowest BCUT2D eigenvalue weighted by Crippen LogP contribution is -2.53. The molecule has 110 valence electrons. The maximum atomic E-state index is 14.0. The van der Waals surface area contributed by atoms with E-state index in [1.165, 1.54) is 19.2 Å². The summed E-state index contributed by atoms with van der Waals surface area (Å²) in [5, 5.41) is 0.270. The van der Waals surface area contributed by atoms with Gasteiger partial charge in [-0.05, 0) is 19.1 Å². The van der Waals surface area contributed by atoms with E-state index in [9.17, 15) is 9.18 Å². The zero-order chi connectivity index (χ0) is 14.9. The third-order valence-corrected chi connectivity index (χ3v) is 4.15. The summed E-state index contributed by atoms with van der Waals surface area (Å²) in [6.45, 7) is 3.44. The van der Waals surface area contributed by atoms with Gasteiger partial charge in [-0.3, -0.25) is 9.69 Å². The van der Waals surface area contributed by atoms with Gasteiger partial charge >= 0.3 is 0 Å². The van der Waals surface area contributed by atoms with Gasteiger partial charge in [0.05, 0.1) is 18.2 Å². The lowest BCUT2D eigenvalue weighted by Gasteiger charge is -2.37. The average molecular weight is 301 g/mol. The summed E-state index contributed by atoms with van der Waals surface area (Å²) in [6.07, 6.45) is 0. The number of piperazine rings is 1. The van der Waals surface area contributed by atoms with E-state index in [4.69, 9.17) is 16.3 Å². The van der Waals surface area contributed by atoms with Crippen LogP contribution >= 0.6 is 11.6 Å². The molecule has 1 aromatic rings. The Morgan fingerprint density at radius 2 is 2.15 bits per heavy atom. The van der Waals surface area contributed by atoms with E-state index >= 15 is 0 Å². The predicted octanol–water partition coefficient (Wildman–Crippen LogP) is 2.15. The molecule has 0 N–H and O–H groups in total. The zero-order valence-electron chi connectivity index (χ0n) is 11.8. The van der Waals surface area contributed by atoms with E-state index in [0.29, 0.717) is 30.9 Å². The van der Waals surface area contributed by atoms with Crippen LogP contribution in [0, 0.1) is 5.82 Å². The van der Waals surface area contributed by atoms with Crippen LogP contribution < -0.4 is 4.74 Å². The summed E-state index contributed by atoms with van der Waals surface area (Å²) in [4.78, 5) is 15.6. The molecule has 1 aliphatic heterocycles. The molecule has 0 aliphatic carbocycles. The van der Waals surface area contributed by atoms with Crippen LogP contribution in [0.1, 0.15) is 12.5 Å². The first-order valence-electron chi connectivity index (χ1n) is 6.45. The molecule has 1 unspecified atom stereocenters. The third-order valence-electron chi connectivity index (χ3n) is 3.74. The van der Waals surface area contributed by atoms with Gasteiger partial charge in [-0.15, -0.1) is 0 Å². The van der Waals surface area contributed by atoms with E-state index < -0.39 is 0 Å². The highest BCUT2D eigenvalue weighted by Crippen LogP contribution is 2.31. The molecule has 1 heterocycles. The number of halogens is 2. The van der Waals surface area contributed by atoms with E-state index in [1.54, 1.807) is 11.9 Å². The van der Waals surface area contributed by atoms with Gasteiger partial charge in [-0.1, -0.05) is 11.6 Å². The van der Waals surface area contributed by atoms with Crippen molar-refractivity contribution in [3.63, 3.8) is 0 Å². The van der Waals surface area contributed by atoms with Crippen molar-refractivity contribution in [3.8, 4) is 5.75 Å². The molecule has 0 saturated carbocycles. The Hall–Kier alpha value is -1.33. The number of methoxy groups -OCH3 is 1. The van der Waals surface area contributed by atoms with Crippen molar-refractivity contribution >= 4 is 17.5 Å². The van der Waals surface area contributed by atoms with Crippen LogP contribution in [0.3, 0.4) is 0 Å². The Kier molecular flexibility index (Phi) is 4.50. The minimum atomic E-state index is -0.380. The number of carbonyl (C=O) groups excluding carboxylic acids is 1. The summed E-state index contributed by atoms with van der Waals surface area (Å²) < 4.78 is 19.1. The number of benzene rings is 1. The standard InChI is InChI=1S/C14H18ClFN2O2/c1-9-14(19)17(2)6-7-18(9)8-10-11(16)4-5-12(20-3)13(10)15/h4-5,9H,6-8H2,1-3H3. The molecular formula is C14H18ClFN2O2. The first-order chi connectivity index (χ1) is 9.45. The smallest absolute Gasteiger partial charge is 0.239 e. The fourth-order valence-corrected chi connectivity index (χ4v) is 2.65. The van der Waals surface area contributed by atoms with Gasteiger partial charge < -0.3 is 9.64 Å². The maximum absolute atomic E-state index is 14.0.